The molecule has 0 bridgehead atoms. The molecule has 1 atom stereocenters. The third-order valence-corrected chi connectivity index (χ3v) is 3.14. The molecule has 1 aromatic carbocycles. The highest BCUT2D eigenvalue weighted by Crippen LogP contribution is 2.20. The maximum absolute atomic E-state index is 11.6. The lowest BCUT2D eigenvalue weighted by Gasteiger charge is -2.14. The molecule has 2 rings (SSSR count). The third kappa shape index (κ3) is 4.60. The highest BCUT2D eigenvalue weighted by molar-refractivity contribution is 5.80. The molecule has 0 aromatic heterocycles. The number of ether oxygens (including phenoxy) is 1. The van der Waals surface area contributed by atoms with Gasteiger partial charge in [0.25, 0.3) is 5.91 Å². The number of carbonyl (C=O) groups is 1. The number of benzene rings is 1. The van der Waals surface area contributed by atoms with Crippen LogP contribution in [0.1, 0.15) is 25.3 Å². The number of carbonyl (C=O) groups excluding carboxylic acids is 1. The second-order valence-corrected chi connectivity index (χ2v) is 4.98. The first-order chi connectivity index (χ1) is 9.69. The SMILES string of the molecule is C#CCNC(=O)C(C)Oc1ccc(CNC2CC2)cc1. The van der Waals surface area contributed by atoms with Crippen LogP contribution in [-0.2, 0) is 11.3 Å². The van der Waals surface area contributed by atoms with E-state index in [0.717, 1.165) is 6.54 Å². The zero-order valence-corrected chi connectivity index (χ0v) is 11.7. The second kappa shape index (κ2) is 6.97. The lowest BCUT2D eigenvalue weighted by atomic mass is 10.2. The number of amides is 1. The van der Waals surface area contributed by atoms with Crippen LogP contribution in [0.2, 0.25) is 0 Å². The Morgan fingerprint density at radius 2 is 2.15 bits per heavy atom. The molecule has 4 nitrogen and oxygen atoms in total. The predicted molar refractivity (Wildman–Crippen MR) is 78.2 cm³/mol. The van der Waals surface area contributed by atoms with E-state index in [1.165, 1.54) is 18.4 Å². The van der Waals surface area contributed by atoms with Gasteiger partial charge in [-0.2, -0.15) is 0 Å². The monoisotopic (exact) mass is 272 g/mol. The molecule has 1 saturated carbocycles. The van der Waals surface area contributed by atoms with Crippen LogP contribution in [0.15, 0.2) is 24.3 Å². The van der Waals surface area contributed by atoms with E-state index in [1.807, 2.05) is 24.3 Å². The first-order valence-electron chi connectivity index (χ1n) is 6.89. The lowest BCUT2D eigenvalue weighted by molar-refractivity contribution is -0.126. The van der Waals surface area contributed by atoms with Gasteiger partial charge in [-0.15, -0.1) is 6.42 Å². The Hall–Kier alpha value is -1.99. The number of terminal acetylenes is 1. The Labute approximate surface area is 119 Å². The van der Waals surface area contributed by atoms with Crippen molar-refractivity contribution < 1.29 is 9.53 Å². The zero-order valence-electron chi connectivity index (χ0n) is 11.7. The molecule has 4 heteroatoms. The molecule has 1 amide bonds. The zero-order chi connectivity index (χ0) is 14.4. The van der Waals surface area contributed by atoms with Crippen LogP contribution in [0.3, 0.4) is 0 Å². The van der Waals surface area contributed by atoms with Crippen molar-refractivity contribution in [2.75, 3.05) is 6.54 Å². The summed E-state index contributed by atoms with van der Waals surface area (Å²) in [5.74, 6) is 2.84. The van der Waals surface area contributed by atoms with Crippen LogP contribution in [0, 0.1) is 12.3 Å². The van der Waals surface area contributed by atoms with Crippen molar-refractivity contribution in [1.82, 2.24) is 10.6 Å². The van der Waals surface area contributed by atoms with E-state index >= 15 is 0 Å². The summed E-state index contributed by atoms with van der Waals surface area (Å²) in [6.45, 7) is 2.80. The van der Waals surface area contributed by atoms with Gasteiger partial charge in [0.05, 0.1) is 6.54 Å². The number of rotatable bonds is 7. The number of hydrogen-bond acceptors (Lipinski definition) is 3. The fourth-order valence-corrected chi connectivity index (χ4v) is 1.78. The summed E-state index contributed by atoms with van der Waals surface area (Å²) in [6.07, 6.45) is 7.10. The predicted octanol–water partition coefficient (Wildman–Crippen LogP) is 1.46. The Bertz CT molecular complexity index is 486. The van der Waals surface area contributed by atoms with E-state index in [4.69, 9.17) is 11.2 Å². The summed E-state index contributed by atoms with van der Waals surface area (Å²) in [4.78, 5) is 11.6. The van der Waals surface area contributed by atoms with Crippen LogP contribution < -0.4 is 15.4 Å². The van der Waals surface area contributed by atoms with E-state index in [2.05, 4.69) is 16.6 Å². The van der Waals surface area contributed by atoms with Gasteiger partial charge in [0.15, 0.2) is 6.10 Å². The normalized spacial score (nSPS) is 15.2. The standard InChI is InChI=1S/C16H20N2O2/c1-3-10-17-16(19)12(2)20-15-8-4-13(5-9-15)11-18-14-6-7-14/h1,4-5,8-9,12,14,18H,6-7,10-11H2,2H3,(H,17,19). The van der Waals surface area contributed by atoms with Crippen LogP contribution >= 0.6 is 0 Å². The van der Waals surface area contributed by atoms with Gasteiger partial charge in [-0.05, 0) is 37.5 Å². The molecule has 1 aromatic rings. The Morgan fingerprint density at radius 3 is 2.75 bits per heavy atom. The first-order valence-corrected chi connectivity index (χ1v) is 6.89. The summed E-state index contributed by atoms with van der Waals surface area (Å²) in [5, 5.41) is 6.04. The van der Waals surface area contributed by atoms with Crippen LogP contribution in [-0.4, -0.2) is 24.6 Å². The summed E-state index contributed by atoms with van der Waals surface area (Å²) < 4.78 is 5.57. The van der Waals surface area contributed by atoms with Gasteiger partial charge in [-0.3, -0.25) is 4.79 Å². The minimum Gasteiger partial charge on any atom is -0.481 e. The van der Waals surface area contributed by atoms with Gasteiger partial charge in [0.2, 0.25) is 0 Å². The molecule has 106 valence electrons. The van der Waals surface area contributed by atoms with E-state index < -0.39 is 6.10 Å². The molecule has 1 aliphatic carbocycles. The molecule has 1 fully saturated rings. The molecular formula is C16H20N2O2. The van der Waals surface area contributed by atoms with Crippen molar-refractivity contribution in [2.24, 2.45) is 0 Å². The minimum atomic E-state index is -0.557. The van der Waals surface area contributed by atoms with Crippen molar-refractivity contribution in [1.29, 1.82) is 0 Å². The van der Waals surface area contributed by atoms with Gasteiger partial charge in [-0.25, -0.2) is 0 Å². The fourth-order valence-electron chi connectivity index (χ4n) is 1.78. The van der Waals surface area contributed by atoms with E-state index in [9.17, 15) is 4.79 Å². The summed E-state index contributed by atoms with van der Waals surface area (Å²) in [7, 11) is 0. The average Bonchev–Trinajstić information content (AvgIpc) is 3.28. The van der Waals surface area contributed by atoms with Crippen LogP contribution in [0.4, 0.5) is 0 Å². The van der Waals surface area contributed by atoms with Crippen molar-refractivity contribution in [2.45, 2.75) is 38.5 Å². The molecule has 0 saturated heterocycles. The van der Waals surface area contributed by atoms with Crippen molar-refractivity contribution in [3.63, 3.8) is 0 Å². The topological polar surface area (TPSA) is 50.4 Å². The molecule has 0 spiro atoms. The molecule has 20 heavy (non-hydrogen) atoms. The number of nitrogens with one attached hydrogen (secondary N) is 2. The second-order valence-electron chi connectivity index (χ2n) is 4.98. The van der Waals surface area contributed by atoms with Crippen LogP contribution in [0.25, 0.3) is 0 Å². The molecule has 0 heterocycles. The number of hydrogen-bond donors (Lipinski definition) is 2. The van der Waals surface area contributed by atoms with E-state index in [0.29, 0.717) is 11.8 Å². The van der Waals surface area contributed by atoms with Gasteiger partial charge >= 0.3 is 0 Å². The summed E-state index contributed by atoms with van der Waals surface area (Å²) >= 11 is 0. The van der Waals surface area contributed by atoms with Gasteiger partial charge < -0.3 is 15.4 Å². The summed E-state index contributed by atoms with van der Waals surface area (Å²) in [5.41, 5.74) is 1.22. The van der Waals surface area contributed by atoms with Crippen molar-refractivity contribution >= 4 is 5.91 Å². The van der Waals surface area contributed by atoms with Gasteiger partial charge in [-0.1, -0.05) is 18.1 Å². The average molecular weight is 272 g/mol. The Kier molecular flexibility index (Phi) is 5.03. The molecule has 1 aliphatic rings. The fraction of sp³-hybridized carbons (Fsp3) is 0.438. The quantitative estimate of drug-likeness (QED) is 0.739. The van der Waals surface area contributed by atoms with Gasteiger partial charge in [0, 0.05) is 12.6 Å². The molecule has 2 N–H and O–H groups in total. The van der Waals surface area contributed by atoms with Gasteiger partial charge in [0.1, 0.15) is 5.75 Å². The van der Waals surface area contributed by atoms with Crippen molar-refractivity contribution in [3.05, 3.63) is 29.8 Å². The molecule has 0 radical (unpaired) electrons. The van der Waals surface area contributed by atoms with Crippen LogP contribution in [0.5, 0.6) is 5.75 Å². The molecule has 1 unspecified atom stereocenters. The highest BCUT2D eigenvalue weighted by atomic mass is 16.5. The molecular weight excluding hydrogens is 252 g/mol. The first kappa shape index (κ1) is 14.4. The lowest BCUT2D eigenvalue weighted by Crippen LogP contribution is -2.36. The maximum atomic E-state index is 11.6. The minimum absolute atomic E-state index is 0.206. The smallest absolute Gasteiger partial charge is 0.261 e. The Morgan fingerprint density at radius 1 is 1.45 bits per heavy atom. The largest absolute Gasteiger partial charge is 0.481 e. The van der Waals surface area contributed by atoms with Crippen molar-refractivity contribution in [3.8, 4) is 18.1 Å². The molecule has 0 aliphatic heterocycles. The van der Waals surface area contributed by atoms with E-state index in [-0.39, 0.29) is 12.5 Å². The highest BCUT2D eigenvalue weighted by Gasteiger charge is 2.19. The van der Waals surface area contributed by atoms with E-state index in [1.54, 1.807) is 6.92 Å². The Balaban J connectivity index is 1.79. The third-order valence-electron chi connectivity index (χ3n) is 3.14. The maximum Gasteiger partial charge on any atom is 0.261 e. The summed E-state index contributed by atoms with van der Waals surface area (Å²) in [6, 6.07) is 8.49.